The zero-order valence-electron chi connectivity index (χ0n) is 16.9. The molecule has 10 heteroatoms. The molecule has 1 aromatic carbocycles. The molecule has 160 valence electrons. The second-order valence-electron chi connectivity index (χ2n) is 6.95. The molecule has 0 bridgehead atoms. The van der Waals surface area contributed by atoms with Crippen molar-refractivity contribution in [1.82, 2.24) is 18.7 Å². The van der Waals surface area contributed by atoms with E-state index in [1.165, 1.54) is 23.0 Å². The molecular weight excluding hydrogens is 440 g/mol. The molecule has 8 nitrogen and oxygen atoms in total. The lowest BCUT2D eigenvalue weighted by molar-refractivity contribution is 0.0745. The van der Waals surface area contributed by atoms with E-state index in [1.807, 2.05) is 34.9 Å². The summed E-state index contributed by atoms with van der Waals surface area (Å²) >= 11 is 6.93. The SMILES string of the molecule is Cn1c(=O)c2c(-c3ccccc3)n(CCOCC(=O)c3nc(Cl)cs3)cc2n(C)c1=O. The van der Waals surface area contributed by atoms with E-state index in [0.29, 0.717) is 28.1 Å². The fourth-order valence-electron chi connectivity index (χ4n) is 3.44. The number of aryl methyl sites for hydroxylation is 1. The summed E-state index contributed by atoms with van der Waals surface area (Å²) in [4.78, 5) is 41.4. The number of aromatic nitrogens is 4. The fraction of sp³-hybridized carbons (Fsp3) is 0.238. The molecule has 0 atom stereocenters. The van der Waals surface area contributed by atoms with E-state index in [2.05, 4.69) is 4.98 Å². The molecular formula is C21H19ClN4O4S. The van der Waals surface area contributed by atoms with Gasteiger partial charge in [-0.2, -0.15) is 0 Å². The predicted molar refractivity (Wildman–Crippen MR) is 120 cm³/mol. The number of ketones is 1. The zero-order valence-corrected chi connectivity index (χ0v) is 18.4. The summed E-state index contributed by atoms with van der Waals surface area (Å²) in [6.07, 6.45) is 1.77. The number of halogens is 1. The van der Waals surface area contributed by atoms with E-state index < -0.39 is 5.69 Å². The van der Waals surface area contributed by atoms with Crippen molar-refractivity contribution in [3.63, 3.8) is 0 Å². The smallest absolute Gasteiger partial charge is 0.330 e. The van der Waals surface area contributed by atoms with Gasteiger partial charge < -0.3 is 9.30 Å². The molecule has 0 saturated carbocycles. The average Bonchev–Trinajstić information content (AvgIpc) is 3.38. The van der Waals surface area contributed by atoms with Crippen LogP contribution in [0.2, 0.25) is 5.15 Å². The van der Waals surface area contributed by atoms with Crippen molar-refractivity contribution in [3.05, 3.63) is 72.9 Å². The first-order chi connectivity index (χ1) is 14.9. The largest absolute Gasteiger partial charge is 0.371 e. The van der Waals surface area contributed by atoms with E-state index in [4.69, 9.17) is 16.3 Å². The van der Waals surface area contributed by atoms with Gasteiger partial charge in [-0.05, 0) is 5.56 Å². The van der Waals surface area contributed by atoms with Gasteiger partial charge in [0.1, 0.15) is 11.8 Å². The minimum atomic E-state index is -0.391. The second-order valence-corrected chi connectivity index (χ2v) is 8.20. The number of carbonyl (C=O) groups excluding carboxylic acids is 1. The van der Waals surface area contributed by atoms with Crippen LogP contribution in [0.1, 0.15) is 9.80 Å². The zero-order chi connectivity index (χ0) is 22.1. The van der Waals surface area contributed by atoms with Crippen molar-refractivity contribution >= 4 is 39.6 Å². The molecule has 4 rings (SSSR count). The van der Waals surface area contributed by atoms with Crippen molar-refractivity contribution in [3.8, 4) is 11.3 Å². The van der Waals surface area contributed by atoms with Crippen molar-refractivity contribution in [2.24, 2.45) is 14.1 Å². The summed E-state index contributed by atoms with van der Waals surface area (Å²) < 4.78 is 10.00. The third-order valence-electron chi connectivity index (χ3n) is 4.98. The number of ether oxygens (including phenoxy) is 1. The van der Waals surface area contributed by atoms with Crippen LogP contribution in [0, 0.1) is 0 Å². The van der Waals surface area contributed by atoms with Gasteiger partial charge in [0.2, 0.25) is 5.78 Å². The highest BCUT2D eigenvalue weighted by molar-refractivity contribution is 7.12. The molecule has 31 heavy (non-hydrogen) atoms. The van der Waals surface area contributed by atoms with E-state index >= 15 is 0 Å². The summed E-state index contributed by atoms with van der Waals surface area (Å²) in [6.45, 7) is 0.508. The first kappa shape index (κ1) is 21.2. The van der Waals surface area contributed by atoms with Crippen LogP contribution < -0.4 is 11.2 Å². The van der Waals surface area contributed by atoms with E-state index in [9.17, 15) is 14.4 Å². The van der Waals surface area contributed by atoms with Gasteiger partial charge >= 0.3 is 5.69 Å². The Balaban J connectivity index is 1.65. The lowest BCUT2D eigenvalue weighted by Gasteiger charge is -2.10. The maximum atomic E-state index is 12.9. The molecule has 3 heterocycles. The van der Waals surface area contributed by atoms with Crippen LogP contribution in [-0.4, -0.2) is 37.7 Å². The second kappa shape index (κ2) is 8.62. The quantitative estimate of drug-likeness (QED) is 0.314. The molecule has 0 aliphatic rings. The van der Waals surface area contributed by atoms with E-state index in [-0.39, 0.29) is 29.7 Å². The van der Waals surface area contributed by atoms with Gasteiger partial charge in [0.05, 0.1) is 23.2 Å². The standard InChI is InChI=1S/C21H19ClN4O4S/c1-24-14-10-26(8-9-30-11-15(27)19-23-16(22)12-31-19)18(13-6-4-3-5-7-13)17(14)20(28)25(2)21(24)29/h3-7,10,12H,8-9,11H2,1-2H3. The van der Waals surface area contributed by atoms with Crippen LogP contribution in [-0.2, 0) is 25.4 Å². The highest BCUT2D eigenvalue weighted by atomic mass is 35.5. The Hall–Kier alpha value is -3.01. The van der Waals surface area contributed by atoms with Crippen LogP contribution in [0.3, 0.4) is 0 Å². The molecule has 0 aliphatic heterocycles. The van der Waals surface area contributed by atoms with Crippen molar-refractivity contribution in [2.45, 2.75) is 6.54 Å². The van der Waals surface area contributed by atoms with Gasteiger partial charge in [0.15, 0.2) is 5.01 Å². The highest BCUT2D eigenvalue weighted by Gasteiger charge is 2.19. The van der Waals surface area contributed by atoms with Gasteiger partial charge in [0, 0.05) is 32.2 Å². The van der Waals surface area contributed by atoms with Gasteiger partial charge in [-0.15, -0.1) is 11.3 Å². The number of nitrogens with zero attached hydrogens (tertiary/aromatic N) is 4. The highest BCUT2D eigenvalue weighted by Crippen LogP contribution is 2.27. The van der Waals surface area contributed by atoms with Gasteiger partial charge in [0.25, 0.3) is 5.56 Å². The van der Waals surface area contributed by atoms with Gasteiger partial charge in [-0.1, -0.05) is 41.9 Å². The maximum absolute atomic E-state index is 12.9. The molecule has 3 aromatic heterocycles. The lowest BCUT2D eigenvalue weighted by atomic mass is 10.1. The number of fused-ring (bicyclic) bond motifs is 1. The monoisotopic (exact) mass is 458 g/mol. The topological polar surface area (TPSA) is 88.1 Å². The molecule has 0 saturated heterocycles. The molecule has 0 radical (unpaired) electrons. The molecule has 0 aliphatic carbocycles. The Morgan fingerprint density at radius 2 is 1.90 bits per heavy atom. The fourth-order valence-corrected chi connectivity index (χ4v) is 4.31. The number of benzene rings is 1. The first-order valence-corrected chi connectivity index (χ1v) is 10.7. The summed E-state index contributed by atoms with van der Waals surface area (Å²) in [6, 6.07) is 9.49. The summed E-state index contributed by atoms with van der Waals surface area (Å²) in [5.41, 5.74) is 1.35. The lowest BCUT2D eigenvalue weighted by Crippen LogP contribution is -2.36. The molecule has 0 N–H and O–H groups in total. The van der Waals surface area contributed by atoms with Gasteiger partial charge in [-0.25, -0.2) is 9.78 Å². The predicted octanol–water partition coefficient (Wildman–Crippen LogP) is 2.72. The number of rotatable bonds is 7. The van der Waals surface area contributed by atoms with Crippen LogP contribution in [0.25, 0.3) is 22.2 Å². The van der Waals surface area contributed by atoms with Crippen LogP contribution >= 0.6 is 22.9 Å². The summed E-state index contributed by atoms with van der Waals surface area (Å²) in [7, 11) is 3.10. The maximum Gasteiger partial charge on any atom is 0.330 e. The molecule has 0 unspecified atom stereocenters. The number of carbonyl (C=O) groups is 1. The Morgan fingerprint density at radius 1 is 1.16 bits per heavy atom. The van der Waals surface area contributed by atoms with E-state index in [0.717, 1.165) is 10.1 Å². The number of hydrogen-bond acceptors (Lipinski definition) is 6. The molecule has 0 fully saturated rings. The van der Waals surface area contributed by atoms with Crippen LogP contribution in [0.5, 0.6) is 0 Å². The van der Waals surface area contributed by atoms with Crippen molar-refractivity contribution in [2.75, 3.05) is 13.2 Å². The van der Waals surface area contributed by atoms with Gasteiger partial charge in [-0.3, -0.25) is 18.7 Å². The van der Waals surface area contributed by atoms with Crippen molar-refractivity contribution < 1.29 is 9.53 Å². The minimum Gasteiger partial charge on any atom is -0.371 e. The number of hydrogen-bond donors (Lipinski definition) is 0. The van der Waals surface area contributed by atoms with Crippen molar-refractivity contribution in [1.29, 1.82) is 0 Å². The summed E-state index contributed by atoms with van der Waals surface area (Å²) in [5.74, 6) is -0.242. The Labute approximate surface area is 185 Å². The molecule has 0 spiro atoms. The first-order valence-electron chi connectivity index (χ1n) is 9.44. The number of Topliss-reactive ketones (excluding diaryl/α,β-unsaturated/α-hetero) is 1. The normalized spacial score (nSPS) is 11.3. The third-order valence-corrected chi connectivity index (χ3v) is 6.19. The minimum absolute atomic E-state index is 0.119. The average molecular weight is 459 g/mol. The molecule has 0 amide bonds. The van der Waals surface area contributed by atoms with Crippen LogP contribution in [0.4, 0.5) is 0 Å². The Bertz CT molecular complexity index is 1380. The van der Waals surface area contributed by atoms with Crippen LogP contribution in [0.15, 0.2) is 51.5 Å². The Morgan fingerprint density at radius 3 is 2.58 bits per heavy atom. The number of thiazole rings is 1. The third kappa shape index (κ3) is 3.99. The Kier molecular flexibility index (Phi) is 5.90. The van der Waals surface area contributed by atoms with E-state index in [1.54, 1.807) is 18.6 Å². The summed E-state index contributed by atoms with van der Waals surface area (Å²) in [5, 5.41) is 2.65. The molecule has 4 aromatic rings.